The Labute approximate surface area is 127 Å². The number of hydrogen-bond acceptors (Lipinski definition) is 2. The molecule has 0 atom stereocenters. The minimum absolute atomic E-state index is 0.114. The Kier molecular flexibility index (Phi) is 7.08. The SMILES string of the molecule is Cc1cccc(NC(=O)CCCCCCC(=O)C(F)(F)F)c1. The molecule has 0 heterocycles. The molecule has 22 heavy (non-hydrogen) atoms. The van der Waals surface area contributed by atoms with Crippen molar-refractivity contribution in [2.45, 2.75) is 51.6 Å². The van der Waals surface area contributed by atoms with E-state index in [9.17, 15) is 22.8 Å². The van der Waals surface area contributed by atoms with Gasteiger partial charge < -0.3 is 5.32 Å². The van der Waals surface area contributed by atoms with Crippen LogP contribution in [0.1, 0.15) is 44.1 Å². The van der Waals surface area contributed by atoms with E-state index in [2.05, 4.69) is 5.32 Å². The number of carbonyl (C=O) groups excluding carboxylic acids is 2. The van der Waals surface area contributed by atoms with Crippen molar-refractivity contribution in [2.75, 3.05) is 5.32 Å². The summed E-state index contributed by atoms with van der Waals surface area (Å²) in [7, 11) is 0. The Morgan fingerprint density at radius 1 is 1.05 bits per heavy atom. The predicted octanol–water partition coefficient (Wildman–Crippen LogP) is 4.41. The van der Waals surface area contributed by atoms with E-state index < -0.39 is 18.4 Å². The average Bonchev–Trinajstić information content (AvgIpc) is 2.41. The summed E-state index contributed by atoms with van der Waals surface area (Å²) in [5.74, 6) is -1.79. The molecule has 0 aliphatic heterocycles. The summed E-state index contributed by atoms with van der Waals surface area (Å²) < 4.78 is 35.9. The van der Waals surface area contributed by atoms with Crippen LogP contribution in [0.3, 0.4) is 0 Å². The Balaban J connectivity index is 2.12. The Morgan fingerprint density at radius 3 is 2.27 bits per heavy atom. The van der Waals surface area contributed by atoms with Crippen molar-refractivity contribution in [1.29, 1.82) is 0 Å². The van der Waals surface area contributed by atoms with Crippen molar-refractivity contribution in [3.63, 3.8) is 0 Å². The van der Waals surface area contributed by atoms with Gasteiger partial charge in [-0.1, -0.05) is 25.0 Å². The van der Waals surface area contributed by atoms with Crippen molar-refractivity contribution in [2.24, 2.45) is 0 Å². The summed E-state index contributed by atoms with van der Waals surface area (Å²) in [5.41, 5.74) is 1.79. The van der Waals surface area contributed by atoms with Crippen LogP contribution in [0.2, 0.25) is 0 Å². The third-order valence-corrected chi connectivity index (χ3v) is 3.18. The summed E-state index contributed by atoms with van der Waals surface area (Å²) in [6.07, 6.45) is -2.94. The lowest BCUT2D eigenvalue weighted by molar-refractivity contribution is -0.171. The van der Waals surface area contributed by atoms with Crippen LogP contribution in [-0.2, 0) is 9.59 Å². The number of halogens is 3. The van der Waals surface area contributed by atoms with Gasteiger partial charge in [0.05, 0.1) is 0 Å². The predicted molar refractivity (Wildman–Crippen MR) is 78.6 cm³/mol. The maximum atomic E-state index is 12.0. The number of hydrogen-bond donors (Lipinski definition) is 1. The second-order valence-electron chi connectivity index (χ2n) is 5.25. The highest BCUT2D eigenvalue weighted by atomic mass is 19.4. The number of alkyl halides is 3. The van der Waals surface area contributed by atoms with Gasteiger partial charge in [0.15, 0.2) is 0 Å². The number of amides is 1. The van der Waals surface area contributed by atoms with Crippen molar-refractivity contribution < 1.29 is 22.8 Å². The van der Waals surface area contributed by atoms with Gasteiger partial charge in [-0.2, -0.15) is 13.2 Å². The van der Waals surface area contributed by atoms with Gasteiger partial charge in [0, 0.05) is 18.5 Å². The monoisotopic (exact) mass is 315 g/mol. The summed E-state index contributed by atoms with van der Waals surface area (Å²) in [4.78, 5) is 22.3. The summed E-state index contributed by atoms with van der Waals surface area (Å²) in [5, 5.41) is 2.77. The van der Waals surface area contributed by atoms with Crippen LogP contribution >= 0.6 is 0 Å². The highest BCUT2D eigenvalue weighted by molar-refractivity contribution is 5.90. The van der Waals surface area contributed by atoms with Crippen molar-refractivity contribution in [3.8, 4) is 0 Å². The molecule has 0 spiro atoms. The van der Waals surface area contributed by atoms with E-state index in [1.54, 1.807) is 6.07 Å². The molecular formula is C16H20F3NO2. The summed E-state index contributed by atoms with van der Waals surface area (Å²) >= 11 is 0. The summed E-state index contributed by atoms with van der Waals surface area (Å²) in [6, 6.07) is 7.44. The zero-order valence-electron chi connectivity index (χ0n) is 12.5. The molecular weight excluding hydrogens is 295 g/mol. The molecule has 0 aromatic heterocycles. The number of nitrogens with one attached hydrogen (secondary N) is 1. The summed E-state index contributed by atoms with van der Waals surface area (Å²) in [6.45, 7) is 1.93. The number of ketones is 1. The normalized spacial score (nSPS) is 11.3. The Bertz CT molecular complexity index is 512. The highest BCUT2D eigenvalue weighted by Crippen LogP contribution is 2.19. The van der Waals surface area contributed by atoms with Crippen molar-refractivity contribution in [3.05, 3.63) is 29.8 Å². The fourth-order valence-electron chi connectivity index (χ4n) is 2.01. The standard InChI is InChI=1S/C16H20F3NO2/c1-12-7-6-8-13(11-12)20-15(22)10-5-3-2-4-9-14(21)16(17,18)19/h6-8,11H,2-5,9-10H2,1H3,(H,20,22). The Morgan fingerprint density at radius 2 is 1.68 bits per heavy atom. The van der Waals surface area contributed by atoms with Gasteiger partial charge in [0.25, 0.3) is 0 Å². The molecule has 1 rings (SSSR count). The fourth-order valence-corrected chi connectivity index (χ4v) is 2.01. The number of benzene rings is 1. The second-order valence-corrected chi connectivity index (χ2v) is 5.25. The number of unbranched alkanes of at least 4 members (excludes halogenated alkanes) is 3. The van der Waals surface area contributed by atoms with E-state index in [-0.39, 0.29) is 12.3 Å². The molecule has 6 heteroatoms. The molecule has 0 saturated carbocycles. The minimum Gasteiger partial charge on any atom is -0.326 e. The average molecular weight is 315 g/mol. The van der Waals surface area contributed by atoms with Crippen LogP contribution in [0.5, 0.6) is 0 Å². The molecule has 0 radical (unpaired) electrons. The van der Waals surface area contributed by atoms with E-state index in [1.165, 1.54) is 0 Å². The van der Waals surface area contributed by atoms with E-state index in [0.29, 0.717) is 25.7 Å². The van der Waals surface area contributed by atoms with Crippen LogP contribution in [0, 0.1) is 6.92 Å². The first kappa shape index (κ1) is 18.2. The Hall–Kier alpha value is -1.85. The smallest absolute Gasteiger partial charge is 0.326 e. The first-order valence-corrected chi connectivity index (χ1v) is 7.25. The molecule has 0 aliphatic carbocycles. The topological polar surface area (TPSA) is 46.2 Å². The third kappa shape index (κ3) is 7.24. The molecule has 122 valence electrons. The fraction of sp³-hybridized carbons (Fsp3) is 0.500. The number of Topliss-reactive ketones (excluding diaryl/α,β-unsaturated/α-hetero) is 1. The number of anilines is 1. The maximum Gasteiger partial charge on any atom is 0.449 e. The quantitative estimate of drug-likeness (QED) is 0.722. The van der Waals surface area contributed by atoms with Crippen LogP contribution < -0.4 is 5.32 Å². The lowest BCUT2D eigenvalue weighted by atomic mass is 10.1. The molecule has 0 saturated heterocycles. The zero-order chi connectivity index (χ0) is 16.6. The van der Waals surface area contributed by atoms with Crippen LogP contribution in [0.15, 0.2) is 24.3 Å². The molecule has 0 unspecified atom stereocenters. The second kappa shape index (κ2) is 8.56. The highest BCUT2D eigenvalue weighted by Gasteiger charge is 2.36. The van der Waals surface area contributed by atoms with E-state index >= 15 is 0 Å². The maximum absolute atomic E-state index is 12.0. The molecule has 1 aromatic rings. The molecule has 1 N–H and O–H groups in total. The molecule has 1 aromatic carbocycles. The minimum atomic E-state index is -4.73. The lowest BCUT2D eigenvalue weighted by Gasteiger charge is -2.06. The molecule has 0 bridgehead atoms. The first-order valence-electron chi connectivity index (χ1n) is 7.25. The molecule has 1 amide bonds. The van der Waals surface area contributed by atoms with Gasteiger partial charge in [-0.3, -0.25) is 9.59 Å². The number of carbonyl (C=O) groups is 2. The number of rotatable bonds is 8. The third-order valence-electron chi connectivity index (χ3n) is 3.18. The van der Waals surface area contributed by atoms with Gasteiger partial charge in [-0.05, 0) is 37.5 Å². The van der Waals surface area contributed by atoms with Crippen LogP contribution in [0.25, 0.3) is 0 Å². The first-order chi connectivity index (χ1) is 10.3. The van der Waals surface area contributed by atoms with Crippen molar-refractivity contribution >= 4 is 17.4 Å². The van der Waals surface area contributed by atoms with Crippen molar-refractivity contribution in [1.82, 2.24) is 0 Å². The molecule has 3 nitrogen and oxygen atoms in total. The van der Waals surface area contributed by atoms with Gasteiger partial charge in [-0.15, -0.1) is 0 Å². The number of aryl methyl sites for hydroxylation is 1. The van der Waals surface area contributed by atoms with E-state index in [4.69, 9.17) is 0 Å². The molecule has 0 fully saturated rings. The van der Waals surface area contributed by atoms with E-state index in [0.717, 1.165) is 11.3 Å². The van der Waals surface area contributed by atoms with Crippen LogP contribution in [-0.4, -0.2) is 17.9 Å². The van der Waals surface area contributed by atoms with Gasteiger partial charge in [0.1, 0.15) is 0 Å². The lowest BCUT2D eigenvalue weighted by Crippen LogP contribution is -2.22. The zero-order valence-corrected chi connectivity index (χ0v) is 12.5. The van der Waals surface area contributed by atoms with Crippen LogP contribution in [0.4, 0.5) is 18.9 Å². The van der Waals surface area contributed by atoms with Gasteiger partial charge >= 0.3 is 6.18 Å². The van der Waals surface area contributed by atoms with Gasteiger partial charge in [-0.25, -0.2) is 0 Å². The van der Waals surface area contributed by atoms with E-state index in [1.807, 2.05) is 25.1 Å². The van der Waals surface area contributed by atoms with Gasteiger partial charge in [0.2, 0.25) is 11.7 Å². The molecule has 0 aliphatic rings. The largest absolute Gasteiger partial charge is 0.449 e.